The van der Waals surface area contributed by atoms with E-state index in [1.54, 1.807) is 7.11 Å². The predicted molar refractivity (Wildman–Crippen MR) is 76.9 cm³/mol. The highest BCUT2D eigenvalue weighted by Gasteiger charge is 2.08. The van der Waals surface area contributed by atoms with Gasteiger partial charge in [-0.2, -0.15) is 0 Å². The summed E-state index contributed by atoms with van der Waals surface area (Å²) < 4.78 is 10.5. The second kappa shape index (κ2) is 6.34. The van der Waals surface area contributed by atoms with E-state index >= 15 is 0 Å². The number of benzene rings is 1. The number of methoxy groups -OCH3 is 1. The van der Waals surface area contributed by atoms with E-state index in [0.717, 1.165) is 16.9 Å². The van der Waals surface area contributed by atoms with Crippen LogP contribution in [0.15, 0.2) is 29.1 Å². The lowest BCUT2D eigenvalue weighted by Crippen LogP contribution is -2.12. The van der Waals surface area contributed by atoms with Crippen molar-refractivity contribution < 1.29 is 9.47 Å². The molecule has 0 radical (unpaired) electrons. The molecule has 0 atom stereocenters. The van der Waals surface area contributed by atoms with Gasteiger partial charge in [0.25, 0.3) is 5.56 Å². The van der Waals surface area contributed by atoms with Gasteiger partial charge in [-0.3, -0.25) is 4.79 Å². The molecule has 0 aliphatic heterocycles. The number of hydrogen-bond donors (Lipinski definition) is 1. The smallest absolute Gasteiger partial charge is 0.251 e. The Hall–Kier alpha value is -2.14. The van der Waals surface area contributed by atoms with Crippen LogP contribution in [0.4, 0.5) is 0 Å². The van der Waals surface area contributed by atoms with Crippen LogP contribution in [0.2, 0.25) is 0 Å². The van der Waals surface area contributed by atoms with Gasteiger partial charge in [-0.25, -0.2) is 4.98 Å². The van der Waals surface area contributed by atoms with Gasteiger partial charge >= 0.3 is 0 Å². The molecule has 106 valence electrons. The van der Waals surface area contributed by atoms with Crippen LogP contribution in [0, 0.1) is 6.92 Å². The minimum absolute atomic E-state index is 0.181. The third-order valence-corrected chi connectivity index (χ3v) is 2.94. The van der Waals surface area contributed by atoms with E-state index in [4.69, 9.17) is 9.47 Å². The molecule has 0 saturated heterocycles. The van der Waals surface area contributed by atoms with E-state index in [0.29, 0.717) is 24.7 Å². The maximum Gasteiger partial charge on any atom is 0.251 e. The quantitative estimate of drug-likeness (QED) is 0.908. The molecule has 0 fully saturated rings. The van der Waals surface area contributed by atoms with Gasteiger partial charge in [-0.05, 0) is 37.6 Å². The SMILES string of the molecule is CCOCc1nc(-c2ccc(OC)cc2C)cc(=O)[nH]1. The Morgan fingerprint density at radius 1 is 1.30 bits per heavy atom. The van der Waals surface area contributed by atoms with Crippen molar-refractivity contribution in [1.29, 1.82) is 0 Å². The first kappa shape index (κ1) is 14.3. The Balaban J connectivity index is 2.41. The van der Waals surface area contributed by atoms with E-state index in [-0.39, 0.29) is 5.56 Å². The summed E-state index contributed by atoms with van der Waals surface area (Å²) in [6.07, 6.45) is 0. The van der Waals surface area contributed by atoms with Gasteiger partial charge < -0.3 is 14.5 Å². The zero-order valence-electron chi connectivity index (χ0n) is 11.9. The zero-order chi connectivity index (χ0) is 14.5. The number of nitrogens with zero attached hydrogens (tertiary/aromatic N) is 1. The Kier molecular flexibility index (Phi) is 4.53. The van der Waals surface area contributed by atoms with Crippen LogP contribution >= 0.6 is 0 Å². The lowest BCUT2D eigenvalue weighted by molar-refractivity contribution is 0.128. The summed E-state index contributed by atoms with van der Waals surface area (Å²) in [5.74, 6) is 1.31. The van der Waals surface area contributed by atoms with Crippen LogP contribution in [0.1, 0.15) is 18.3 Å². The molecule has 5 nitrogen and oxygen atoms in total. The second-order valence-corrected chi connectivity index (χ2v) is 4.40. The average Bonchev–Trinajstić information content (AvgIpc) is 2.44. The Bertz CT molecular complexity index is 650. The molecule has 5 heteroatoms. The van der Waals surface area contributed by atoms with Crippen molar-refractivity contribution in [3.05, 3.63) is 46.0 Å². The molecular formula is C15H18N2O3. The summed E-state index contributed by atoms with van der Waals surface area (Å²) in [5, 5.41) is 0. The molecule has 0 bridgehead atoms. The van der Waals surface area contributed by atoms with Crippen LogP contribution in [0.3, 0.4) is 0 Å². The van der Waals surface area contributed by atoms with E-state index in [1.807, 2.05) is 32.0 Å². The van der Waals surface area contributed by atoms with Gasteiger partial charge in [-0.15, -0.1) is 0 Å². The summed E-state index contributed by atoms with van der Waals surface area (Å²) in [4.78, 5) is 18.8. The monoisotopic (exact) mass is 274 g/mol. The first-order chi connectivity index (χ1) is 9.63. The molecule has 0 amide bonds. The number of nitrogens with one attached hydrogen (secondary N) is 1. The minimum Gasteiger partial charge on any atom is -0.497 e. The molecule has 20 heavy (non-hydrogen) atoms. The van der Waals surface area contributed by atoms with Gasteiger partial charge in [0.15, 0.2) is 0 Å². The van der Waals surface area contributed by atoms with Crippen LogP contribution in [-0.4, -0.2) is 23.7 Å². The summed E-state index contributed by atoms with van der Waals surface area (Å²) in [6, 6.07) is 7.17. The highest BCUT2D eigenvalue weighted by molar-refractivity contribution is 5.64. The first-order valence-electron chi connectivity index (χ1n) is 6.47. The van der Waals surface area contributed by atoms with Crippen molar-refractivity contribution >= 4 is 0 Å². The fourth-order valence-electron chi connectivity index (χ4n) is 1.96. The van der Waals surface area contributed by atoms with E-state index < -0.39 is 0 Å². The number of aryl methyl sites for hydroxylation is 1. The topological polar surface area (TPSA) is 64.2 Å². The van der Waals surface area contributed by atoms with Gasteiger partial charge in [-0.1, -0.05) is 0 Å². The number of H-pyrrole nitrogens is 1. The summed E-state index contributed by atoms with van der Waals surface area (Å²) >= 11 is 0. The van der Waals surface area contributed by atoms with E-state index in [2.05, 4.69) is 9.97 Å². The number of aromatic nitrogens is 2. The van der Waals surface area contributed by atoms with Crippen molar-refractivity contribution in [3.8, 4) is 17.0 Å². The summed E-state index contributed by atoms with van der Waals surface area (Å²) in [7, 11) is 1.63. The maximum absolute atomic E-state index is 11.7. The van der Waals surface area contributed by atoms with Crippen LogP contribution < -0.4 is 10.3 Å². The molecule has 2 aromatic rings. The molecule has 1 heterocycles. The largest absolute Gasteiger partial charge is 0.497 e. The fraction of sp³-hybridized carbons (Fsp3) is 0.333. The molecule has 1 aromatic heterocycles. The van der Waals surface area contributed by atoms with Crippen molar-refractivity contribution in [2.75, 3.05) is 13.7 Å². The van der Waals surface area contributed by atoms with Crippen LogP contribution in [-0.2, 0) is 11.3 Å². The maximum atomic E-state index is 11.7. The molecule has 0 spiro atoms. The molecule has 1 aromatic carbocycles. The molecule has 0 aliphatic carbocycles. The Morgan fingerprint density at radius 2 is 2.10 bits per heavy atom. The van der Waals surface area contributed by atoms with Gasteiger partial charge in [0.2, 0.25) is 0 Å². The number of hydrogen-bond acceptors (Lipinski definition) is 4. The van der Waals surface area contributed by atoms with Crippen molar-refractivity contribution in [2.45, 2.75) is 20.5 Å². The molecule has 1 N–H and O–H groups in total. The lowest BCUT2D eigenvalue weighted by Gasteiger charge is -2.09. The molecule has 0 aliphatic rings. The zero-order valence-corrected chi connectivity index (χ0v) is 11.9. The molecule has 2 rings (SSSR count). The van der Waals surface area contributed by atoms with Gasteiger partial charge in [0.1, 0.15) is 18.2 Å². The highest BCUT2D eigenvalue weighted by atomic mass is 16.5. The van der Waals surface area contributed by atoms with Crippen LogP contribution in [0.5, 0.6) is 5.75 Å². The molecular weight excluding hydrogens is 256 g/mol. The van der Waals surface area contributed by atoms with Gasteiger partial charge in [0.05, 0.1) is 12.8 Å². The fourth-order valence-corrected chi connectivity index (χ4v) is 1.96. The lowest BCUT2D eigenvalue weighted by atomic mass is 10.1. The summed E-state index contributed by atoms with van der Waals surface area (Å²) in [5.41, 5.74) is 2.38. The van der Waals surface area contributed by atoms with Crippen molar-refractivity contribution in [2.24, 2.45) is 0 Å². The third kappa shape index (κ3) is 3.24. The van der Waals surface area contributed by atoms with Crippen LogP contribution in [0.25, 0.3) is 11.3 Å². The molecule has 0 saturated carbocycles. The highest BCUT2D eigenvalue weighted by Crippen LogP contribution is 2.24. The Labute approximate surface area is 117 Å². The standard InChI is InChI=1S/C15H18N2O3/c1-4-20-9-14-16-13(8-15(18)17-14)12-6-5-11(19-3)7-10(12)2/h5-8H,4,9H2,1-3H3,(H,16,17,18). The predicted octanol–water partition coefficient (Wildman–Crippen LogP) is 2.29. The first-order valence-corrected chi connectivity index (χ1v) is 6.47. The van der Waals surface area contributed by atoms with Crippen molar-refractivity contribution in [3.63, 3.8) is 0 Å². The third-order valence-electron chi connectivity index (χ3n) is 2.94. The average molecular weight is 274 g/mol. The van der Waals surface area contributed by atoms with E-state index in [9.17, 15) is 4.79 Å². The summed E-state index contributed by atoms with van der Waals surface area (Å²) in [6.45, 7) is 4.74. The molecule has 0 unspecified atom stereocenters. The van der Waals surface area contributed by atoms with E-state index in [1.165, 1.54) is 6.07 Å². The minimum atomic E-state index is -0.181. The van der Waals surface area contributed by atoms with Gasteiger partial charge in [0, 0.05) is 18.2 Å². The Morgan fingerprint density at radius 3 is 2.75 bits per heavy atom. The van der Waals surface area contributed by atoms with Crippen molar-refractivity contribution in [1.82, 2.24) is 9.97 Å². The normalized spacial score (nSPS) is 10.6. The number of ether oxygens (including phenoxy) is 2. The number of rotatable bonds is 5. The number of aromatic amines is 1. The second-order valence-electron chi connectivity index (χ2n) is 4.40.